The van der Waals surface area contributed by atoms with Crippen molar-refractivity contribution < 1.29 is 18.3 Å². The van der Waals surface area contributed by atoms with Crippen molar-refractivity contribution in [3.05, 3.63) is 47.9 Å². The van der Waals surface area contributed by atoms with E-state index >= 15 is 0 Å². The number of rotatable bonds is 4. The van der Waals surface area contributed by atoms with E-state index in [0.29, 0.717) is 5.69 Å². The molecule has 0 aromatic carbocycles. The third-order valence-corrected chi connectivity index (χ3v) is 3.68. The van der Waals surface area contributed by atoms with Crippen molar-refractivity contribution in [1.29, 1.82) is 0 Å². The zero-order chi connectivity index (χ0) is 14.8. The molecule has 0 saturated heterocycles. The second-order valence-electron chi connectivity index (χ2n) is 4.05. The van der Waals surface area contributed by atoms with Gasteiger partial charge >= 0.3 is 5.97 Å². The van der Waals surface area contributed by atoms with Gasteiger partial charge in [0, 0.05) is 12.4 Å². The highest BCUT2D eigenvalue weighted by molar-refractivity contribution is 7.92. The summed E-state index contributed by atoms with van der Waals surface area (Å²) in [5.74, 6) is -1.17. The van der Waals surface area contributed by atoms with Crippen LogP contribution in [0.1, 0.15) is 15.9 Å². The van der Waals surface area contributed by atoms with Gasteiger partial charge in [0.1, 0.15) is 0 Å². The summed E-state index contributed by atoms with van der Waals surface area (Å²) in [5, 5.41) is 8.47. The van der Waals surface area contributed by atoms with E-state index in [2.05, 4.69) is 14.7 Å². The number of carbonyl (C=O) groups is 1. The number of aromatic carboxylic acids is 1. The second-order valence-corrected chi connectivity index (χ2v) is 5.68. The first-order valence-electron chi connectivity index (χ1n) is 5.52. The van der Waals surface area contributed by atoms with Gasteiger partial charge in [0.05, 0.1) is 17.4 Å². The Bertz CT molecular complexity index is 742. The van der Waals surface area contributed by atoms with Crippen LogP contribution in [0.2, 0.25) is 0 Å². The Morgan fingerprint density at radius 1 is 1.25 bits per heavy atom. The van der Waals surface area contributed by atoms with E-state index in [4.69, 9.17) is 5.11 Å². The highest BCUT2D eigenvalue weighted by Crippen LogP contribution is 2.14. The number of pyridine rings is 2. The lowest BCUT2D eigenvalue weighted by atomic mass is 10.3. The smallest absolute Gasteiger partial charge is 0.337 e. The summed E-state index contributed by atoms with van der Waals surface area (Å²) in [7, 11) is -3.87. The van der Waals surface area contributed by atoms with Crippen LogP contribution in [0.4, 0.5) is 5.69 Å². The van der Waals surface area contributed by atoms with Crippen molar-refractivity contribution >= 4 is 21.7 Å². The minimum Gasteiger partial charge on any atom is -0.478 e. The number of aromatic nitrogens is 2. The van der Waals surface area contributed by atoms with E-state index < -0.39 is 16.0 Å². The van der Waals surface area contributed by atoms with E-state index in [1.807, 2.05) is 0 Å². The van der Waals surface area contributed by atoms with Crippen LogP contribution in [0.15, 0.2) is 41.8 Å². The Labute approximate surface area is 115 Å². The molecule has 104 valence electrons. The van der Waals surface area contributed by atoms with Crippen molar-refractivity contribution in [2.24, 2.45) is 0 Å². The molecule has 2 rings (SSSR count). The normalized spacial score (nSPS) is 11.1. The maximum atomic E-state index is 12.0. The third-order valence-electron chi connectivity index (χ3n) is 2.39. The van der Waals surface area contributed by atoms with E-state index in [-0.39, 0.29) is 10.6 Å². The molecule has 0 saturated carbocycles. The lowest BCUT2D eigenvalue weighted by Gasteiger charge is -2.07. The standard InChI is InChI=1S/C12H11N3O4S/c1-8-4-10(7-13-5-8)15-20(18,19)11-3-2-9(6-14-11)12(16)17/h2-7,15H,1H3,(H,16,17). The first-order chi connectivity index (χ1) is 9.38. The van der Waals surface area contributed by atoms with Crippen LogP contribution in [0.25, 0.3) is 0 Å². The Morgan fingerprint density at radius 3 is 2.55 bits per heavy atom. The van der Waals surface area contributed by atoms with E-state index in [9.17, 15) is 13.2 Å². The molecule has 8 heteroatoms. The van der Waals surface area contributed by atoms with Crippen LogP contribution >= 0.6 is 0 Å². The fraction of sp³-hybridized carbons (Fsp3) is 0.0833. The van der Waals surface area contributed by atoms with Gasteiger partial charge in [-0.2, -0.15) is 8.42 Å². The number of hydrogen-bond donors (Lipinski definition) is 2. The van der Waals surface area contributed by atoms with Crippen molar-refractivity contribution in [2.45, 2.75) is 11.9 Å². The second kappa shape index (κ2) is 5.25. The van der Waals surface area contributed by atoms with Crippen LogP contribution < -0.4 is 4.72 Å². The first-order valence-corrected chi connectivity index (χ1v) is 7.00. The summed E-state index contributed by atoms with van der Waals surface area (Å²) >= 11 is 0. The molecule has 0 unspecified atom stereocenters. The van der Waals surface area contributed by atoms with Crippen LogP contribution in [0.5, 0.6) is 0 Å². The molecule has 20 heavy (non-hydrogen) atoms. The molecule has 0 spiro atoms. The molecule has 0 aliphatic heterocycles. The lowest BCUT2D eigenvalue weighted by Crippen LogP contribution is -2.15. The molecule has 0 bridgehead atoms. The van der Waals surface area contributed by atoms with E-state index in [1.165, 1.54) is 12.3 Å². The molecule has 2 aromatic rings. The van der Waals surface area contributed by atoms with Gasteiger partial charge in [0.25, 0.3) is 10.0 Å². The molecule has 2 N–H and O–H groups in total. The number of carboxylic acid groups (broad SMARTS) is 1. The van der Waals surface area contributed by atoms with Gasteiger partial charge in [0.2, 0.25) is 0 Å². The number of nitrogens with zero attached hydrogens (tertiary/aromatic N) is 2. The number of anilines is 1. The number of hydrogen-bond acceptors (Lipinski definition) is 5. The van der Waals surface area contributed by atoms with Crippen molar-refractivity contribution in [2.75, 3.05) is 4.72 Å². The Morgan fingerprint density at radius 2 is 2.00 bits per heavy atom. The van der Waals surface area contributed by atoms with Gasteiger partial charge < -0.3 is 5.11 Å². The summed E-state index contributed by atoms with van der Waals surface area (Å²) in [5.41, 5.74) is 1.04. The largest absolute Gasteiger partial charge is 0.478 e. The van der Waals surface area contributed by atoms with Crippen LogP contribution in [-0.2, 0) is 10.0 Å². The summed E-state index contributed by atoms with van der Waals surface area (Å²) in [4.78, 5) is 18.2. The predicted molar refractivity (Wildman–Crippen MR) is 71.0 cm³/mol. The maximum absolute atomic E-state index is 12.0. The van der Waals surface area contributed by atoms with Crippen LogP contribution in [-0.4, -0.2) is 29.5 Å². The fourth-order valence-electron chi connectivity index (χ4n) is 1.48. The molecule has 0 aliphatic carbocycles. The van der Waals surface area contributed by atoms with E-state index in [1.54, 1.807) is 19.2 Å². The van der Waals surface area contributed by atoms with Gasteiger partial charge in [-0.05, 0) is 30.7 Å². The quantitative estimate of drug-likeness (QED) is 0.879. The average Bonchev–Trinajstić information content (AvgIpc) is 2.38. The predicted octanol–water partition coefficient (Wildman–Crippen LogP) is 1.28. The van der Waals surface area contributed by atoms with Gasteiger partial charge in [-0.25, -0.2) is 9.78 Å². The Hall–Kier alpha value is -2.48. The maximum Gasteiger partial charge on any atom is 0.337 e. The van der Waals surface area contributed by atoms with Crippen molar-refractivity contribution in [3.63, 3.8) is 0 Å². The van der Waals surface area contributed by atoms with Gasteiger partial charge in [-0.3, -0.25) is 9.71 Å². The zero-order valence-corrected chi connectivity index (χ0v) is 11.3. The van der Waals surface area contributed by atoms with Crippen molar-refractivity contribution in [3.8, 4) is 0 Å². The first kappa shape index (κ1) is 13.9. The fourth-order valence-corrected chi connectivity index (χ4v) is 2.45. The summed E-state index contributed by atoms with van der Waals surface area (Å²) < 4.78 is 26.4. The van der Waals surface area contributed by atoms with Gasteiger partial charge in [0.15, 0.2) is 5.03 Å². The number of aryl methyl sites for hydroxylation is 1. The zero-order valence-electron chi connectivity index (χ0n) is 10.4. The van der Waals surface area contributed by atoms with E-state index in [0.717, 1.165) is 17.8 Å². The molecular formula is C12H11N3O4S. The summed E-state index contributed by atoms with van der Waals surface area (Å²) in [6.07, 6.45) is 3.96. The van der Waals surface area contributed by atoms with Crippen LogP contribution in [0, 0.1) is 6.92 Å². The third kappa shape index (κ3) is 3.09. The minimum atomic E-state index is -3.87. The highest BCUT2D eigenvalue weighted by Gasteiger charge is 2.16. The molecule has 0 amide bonds. The lowest BCUT2D eigenvalue weighted by molar-refractivity contribution is 0.0696. The number of carboxylic acids is 1. The molecule has 0 atom stereocenters. The monoisotopic (exact) mass is 293 g/mol. The molecule has 0 aliphatic rings. The topological polar surface area (TPSA) is 109 Å². The summed E-state index contributed by atoms with van der Waals surface area (Å²) in [6.45, 7) is 1.78. The van der Waals surface area contributed by atoms with Crippen molar-refractivity contribution in [1.82, 2.24) is 9.97 Å². The minimum absolute atomic E-state index is 0.0822. The molecule has 0 fully saturated rings. The Kier molecular flexibility index (Phi) is 3.66. The number of nitrogens with one attached hydrogen (secondary N) is 1. The SMILES string of the molecule is Cc1cncc(NS(=O)(=O)c2ccc(C(=O)O)cn2)c1. The highest BCUT2D eigenvalue weighted by atomic mass is 32.2. The summed E-state index contributed by atoms with van der Waals surface area (Å²) in [6, 6.07) is 3.93. The average molecular weight is 293 g/mol. The van der Waals surface area contributed by atoms with Gasteiger partial charge in [-0.15, -0.1) is 0 Å². The van der Waals surface area contributed by atoms with Gasteiger partial charge in [-0.1, -0.05) is 0 Å². The molecular weight excluding hydrogens is 282 g/mol. The molecule has 2 aromatic heterocycles. The Balaban J connectivity index is 2.28. The number of sulfonamides is 1. The molecule has 7 nitrogen and oxygen atoms in total. The van der Waals surface area contributed by atoms with Crippen LogP contribution in [0.3, 0.4) is 0 Å². The molecule has 2 heterocycles. The molecule has 0 radical (unpaired) electrons.